The lowest BCUT2D eigenvalue weighted by molar-refractivity contribution is -0.137. The highest BCUT2D eigenvalue weighted by atomic mass is 32.1. The molecule has 0 radical (unpaired) electrons. The van der Waals surface area contributed by atoms with Crippen LogP contribution in [0.5, 0.6) is 0 Å². The maximum Gasteiger partial charge on any atom is 0.416 e. The summed E-state index contributed by atoms with van der Waals surface area (Å²) in [4.78, 5) is 37.9. The quantitative estimate of drug-likeness (QED) is 0.330. The van der Waals surface area contributed by atoms with Crippen LogP contribution in [0.4, 0.5) is 28.3 Å². The van der Waals surface area contributed by atoms with Gasteiger partial charge >= 0.3 is 12.1 Å². The number of halogens is 4. The van der Waals surface area contributed by atoms with Gasteiger partial charge in [0.25, 0.3) is 11.8 Å². The van der Waals surface area contributed by atoms with Crippen LogP contribution in [-0.2, 0) is 10.9 Å². The minimum atomic E-state index is -4.60. The molecule has 0 unspecified atom stereocenters. The van der Waals surface area contributed by atoms with Gasteiger partial charge < -0.3 is 15.4 Å². The standard InChI is InChI=1S/C23H18F4N2O4S/c1-3-33-22(32)17-12(2)18(20(31)28-14-8-6-7-13(11-14)23(25,26)27)34-21(17)29-19(30)15-9-4-5-10-16(15)24/h4-11H,3H2,1-2H3,(H,28,31)(H,29,30). The predicted octanol–water partition coefficient (Wildman–Crippen LogP) is 5.90. The van der Waals surface area contributed by atoms with Crippen LogP contribution in [0.3, 0.4) is 0 Å². The first kappa shape index (κ1) is 24.9. The molecular weight excluding hydrogens is 476 g/mol. The molecule has 3 rings (SSSR count). The summed E-state index contributed by atoms with van der Waals surface area (Å²) in [6, 6.07) is 9.26. The minimum Gasteiger partial charge on any atom is -0.462 e. The lowest BCUT2D eigenvalue weighted by Crippen LogP contribution is -2.16. The van der Waals surface area contributed by atoms with Crippen molar-refractivity contribution in [3.8, 4) is 0 Å². The normalized spacial score (nSPS) is 11.1. The lowest BCUT2D eigenvalue weighted by atomic mass is 10.1. The molecular formula is C23H18F4N2O4S. The monoisotopic (exact) mass is 494 g/mol. The zero-order valence-corrected chi connectivity index (χ0v) is 18.7. The van der Waals surface area contributed by atoms with E-state index in [-0.39, 0.29) is 38.9 Å². The lowest BCUT2D eigenvalue weighted by Gasteiger charge is -2.09. The van der Waals surface area contributed by atoms with Crippen molar-refractivity contribution in [2.45, 2.75) is 20.0 Å². The molecule has 0 saturated carbocycles. The summed E-state index contributed by atoms with van der Waals surface area (Å²) in [5, 5.41) is 4.73. The number of carbonyl (C=O) groups is 3. The third-order valence-corrected chi connectivity index (χ3v) is 5.83. The second-order valence-electron chi connectivity index (χ2n) is 6.95. The first-order valence-corrected chi connectivity index (χ1v) is 10.7. The number of hydrogen-bond acceptors (Lipinski definition) is 5. The summed E-state index contributed by atoms with van der Waals surface area (Å²) in [5.74, 6) is -3.25. The fourth-order valence-electron chi connectivity index (χ4n) is 3.04. The molecule has 0 saturated heterocycles. The Morgan fingerprint density at radius 3 is 2.35 bits per heavy atom. The second kappa shape index (κ2) is 10.0. The Bertz CT molecular complexity index is 1250. The summed E-state index contributed by atoms with van der Waals surface area (Å²) in [7, 11) is 0. The average Bonchev–Trinajstić information content (AvgIpc) is 3.09. The van der Waals surface area contributed by atoms with E-state index >= 15 is 0 Å². The van der Waals surface area contributed by atoms with Crippen molar-refractivity contribution < 1.29 is 36.7 Å². The van der Waals surface area contributed by atoms with Gasteiger partial charge in [-0.05, 0) is 49.7 Å². The molecule has 1 heterocycles. The van der Waals surface area contributed by atoms with E-state index in [1.165, 1.54) is 31.2 Å². The SMILES string of the molecule is CCOC(=O)c1c(NC(=O)c2ccccc2F)sc(C(=O)Nc2cccc(C(F)(F)F)c2)c1C. The Morgan fingerprint density at radius 1 is 1.00 bits per heavy atom. The fraction of sp³-hybridized carbons (Fsp3) is 0.174. The van der Waals surface area contributed by atoms with Crippen LogP contribution >= 0.6 is 11.3 Å². The van der Waals surface area contributed by atoms with Crippen molar-refractivity contribution >= 4 is 39.8 Å². The largest absolute Gasteiger partial charge is 0.462 e. The van der Waals surface area contributed by atoms with Gasteiger partial charge in [0.2, 0.25) is 0 Å². The van der Waals surface area contributed by atoms with Gasteiger partial charge in [-0.1, -0.05) is 18.2 Å². The number of nitrogens with one attached hydrogen (secondary N) is 2. The van der Waals surface area contributed by atoms with E-state index in [4.69, 9.17) is 4.74 Å². The Kier molecular flexibility index (Phi) is 7.35. The molecule has 2 aromatic carbocycles. The number of esters is 1. The highest BCUT2D eigenvalue weighted by Gasteiger charge is 2.31. The maximum atomic E-state index is 14.0. The highest BCUT2D eigenvalue weighted by molar-refractivity contribution is 7.19. The van der Waals surface area contributed by atoms with Crippen LogP contribution in [0.15, 0.2) is 48.5 Å². The molecule has 2 N–H and O–H groups in total. The van der Waals surface area contributed by atoms with Crippen molar-refractivity contribution in [2.75, 3.05) is 17.2 Å². The van der Waals surface area contributed by atoms with Gasteiger partial charge in [0.1, 0.15) is 10.8 Å². The van der Waals surface area contributed by atoms with Crippen molar-refractivity contribution in [1.29, 1.82) is 0 Å². The molecule has 0 spiro atoms. The molecule has 178 valence electrons. The number of hydrogen-bond donors (Lipinski definition) is 2. The Labute approximate surface area is 195 Å². The van der Waals surface area contributed by atoms with Gasteiger partial charge in [-0.15, -0.1) is 11.3 Å². The molecule has 6 nitrogen and oxygen atoms in total. The third-order valence-electron chi connectivity index (χ3n) is 4.63. The van der Waals surface area contributed by atoms with E-state index in [9.17, 15) is 31.9 Å². The van der Waals surface area contributed by atoms with Crippen LogP contribution in [-0.4, -0.2) is 24.4 Å². The molecule has 0 atom stereocenters. The van der Waals surface area contributed by atoms with E-state index in [0.29, 0.717) is 11.3 Å². The number of amides is 2. The second-order valence-corrected chi connectivity index (χ2v) is 7.97. The summed E-state index contributed by atoms with van der Waals surface area (Å²) >= 11 is 0.717. The number of ether oxygens (including phenoxy) is 1. The first-order valence-electron chi connectivity index (χ1n) is 9.88. The van der Waals surface area contributed by atoms with Crippen LogP contribution in [0, 0.1) is 12.7 Å². The predicted molar refractivity (Wildman–Crippen MR) is 119 cm³/mol. The molecule has 34 heavy (non-hydrogen) atoms. The third kappa shape index (κ3) is 5.42. The molecule has 0 bridgehead atoms. The van der Waals surface area contributed by atoms with E-state index < -0.39 is 35.3 Å². The molecule has 0 aliphatic carbocycles. The van der Waals surface area contributed by atoms with E-state index in [1.807, 2.05) is 0 Å². The van der Waals surface area contributed by atoms with Gasteiger partial charge in [0.15, 0.2) is 0 Å². The zero-order chi connectivity index (χ0) is 25.0. The minimum absolute atomic E-state index is 0.0145. The van der Waals surface area contributed by atoms with Crippen molar-refractivity contribution in [1.82, 2.24) is 0 Å². The zero-order valence-electron chi connectivity index (χ0n) is 17.9. The number of alkyl halides is 3. The molecule has 0 aliphatic heterocycles. The van der Waals surface area contributed by atoms with E-state index in [2.05, 4.69) is 10.6 Å². The number of anilines is 2. The summed E-state index contributed by atoms with van der Waals surface area (Å²) < 4.78 is 57.9. The van der Waals surface area contributed by atoms with Gasteiger partial charge in [-0.25, -0.2) is 9.18 Å². The molecule has 0 aliphatic rings. The fourth-order valence-corrected chi connectivity index (χ4v) is 4.13. The average molecular weight is 494 g/mol. The molecule has 0 fully saturated rings. The summed E-state index contributed by atoms with van der Waals surface area (Å²) in [6.07, 6.45) is -4.60. The summed E-state index contributed by atoms with van der Waals surface area (Å²) in [6.45, 7) is 3.02. The number of benzene rings is 2. The van der Waals surface area contributed by atoms with Crippen LogP contribution < -0.4 is 10.6 Å². The highest BCUT2D eigenvalue weighted by Crippen LogP contribution is 2.35. The van der Waals surface area contributed by atoms with Gasteiger partial charge in [0.05, 0.1) is 28.2 Å². The first-order chi connectivity index (χ1) is 16.0. The Balaban J connectivity index is 1.95. The Morgan fingerprint density at radius 2 is 1.71 bits per heavy atom. The number of rotatable bonds is 6. The number of carbonyl (C=O) groups excluding carboxylic acids is 3. The van der Waals surface area contributed by atoms with E-state index in [1.54, 1.807) is 6.92 Å². The molecule has 2 amide bonds. The van der Waals surface area contributed by atoms with Gasteiger partial charge in [0, 0.05) is 5.69 Å². The Hall–Kier alpha value is -3.73. The van der Waals surface area contributed by atoms with Crippen molar-refractivity contribution in [3.63, 3.8) is 0 Å². The van der Waals surface area contributed by atoms with Crippen LogP contribution in [0.2, 0.25) is 0 Å². The van der Waals surface area contributed by atoms with Crippen LogP contribution in [0.25, 0.3) is 0 Å². The molecule has 11 heteroatoms. The van der Waals surface area contributed by atoms with Crippen LogP contribution in [0.1, 0.15) is 48.4 Å². The topological polar surface area (TPSA) is 84.5 Å². The maximum absolute atomic E-state index is 14.0. The smallest absolute Gasteiger partial charge is 0.416 e. The number of thiophene rings is 1. The summed E-state index contributed by atoms with van der Waals surface area (Å²) in [5.41, 5.74) is -1.29. The van der Waals surface area contributed by atoms with E-state index in [0.717, 1.165) is 24.3 Å². The van der Waals surface area contributed by atoms with Gasteiger partial charge in [-0.3, -0.25) is 9.59 Å². The van der Waals surface area contributed by atoms with Gasteiger partial charge in [-0.2, -0.15) is 13.2 Å². The molecule has 3 aromatic rings. The molecule has 1 aromatic heterocycles. The van der Waals surface area contributed by atoms with Crippen molar-refractivity contribution in [3.05, 3.63) is 81.5 Å². The van der Waals surface area contributed by atoms with Crippen molar-refractivity contribution in [2.24, 2.45) is 0 Å².